The summed E-state index contributed by atoms with van der Waals surface area (Å²) in [5, 5.41) is 0. The topological polar surface area (TPSA) is 44.5 Å². The van der Waals surface area contributed by atoms with Gasteiger partial charge < -0.3 is 15.2 Å². The third-order valence-electron chi connectivity index (χ3n) is 3.15. The second-order valence-corrected chi connectivity index (χ2v) is 4.94. The number of hydrogen-bond donors (Lipinski definition) is 1. The zero-order valence-corrected chi connectivity index (χ0v) is 12.2. The van der Waals surface area contributed by atoms with Gasteiger partial charge in [-0.15, -0.1) is 0 Å². The van der Waals surface area contributed by atoms with Crippen LogP contribution < -0.4 is 15.2 Å². The first-order valence-corrected chi connectivity index (χ1v) is 6.71. The highest BCUT2D eigenvalue weighted by molar-refractivity contribution is 5.35. The van der Waals surface area contributed by atoms with Crippen molar-refractivity contribution in [1.29, 1.82) is 0 Å². The molecular formula is C17H21NO2. The number of ether oxygens (including phenoxy) is 2. The van der Waals surface area contributed by atoms with Gasteiger partial charge in [0, 0.05) is 6.54 Å². The molecule has 106 valence electrons. The van der Waals surface area contributed by atoms with E-state index in [1.165, 1.54) is 11.1 Å². The lowest BCUT2D eigenvalue weighted by Crippen LogP contribution is -2.18. The zero-order valence-electron chi connectivity index (χ0n) is 12.2. The molecule has 0 heterocycles. The highest BCUT2D eigenvalue weighted by Gasteiger charge is 2.12. The summed E-state index contributed by atoms with van der Waals surface area (Å²) < 4.78 is 11.3. The normalized spacial score (nSPS) is 12.0. The van der Waals surface area contributed by atoms with Crippen molar-refractivity contribution in [3.8, 4) is 11.5 Å². The van der Waals surface area contributed by atoms with Crippen LogP contribution in [-0.4, -0.2) is 13.7 Å². The molecule has 0 fully saturated rings. The lowest BCUT2D eigenvalue weighted by Gasteiger charge is -2.19. The van der Waals surface area contributed by atoms with Gasteiger partial charge in [-0.2, -0.15) is 0 Å². The molecule has 0 aliphatic rings. The van der Waals surface area contributed by atoms with Crippen LogP contribution in [0.15, 0.2) is 42.5 Å². The Kier molecular flexibility index (Phi) is 4.64. The summed E-state index contributed by atoms with van der Waals surface area (Å²) in [6.45, 7) is 4.53. The Labute approximate surface area is 120 Å². The molecule has 2 N–H and O–H groups in total. The van der Waals surface area contributed by atoms with Crippen molar-refractivity contribution in [2.24, 2.45) is 5.73 Å². The van der Waals surface area contributed by atoms with E-state index >= 15 is 0 Å². The van der Waals surface area contributed by atoms with E-state index in [2.05, 4.69) is 19.9 Å². The Bertz CT molecular complexity index is 561. The van der Waals surface area contributed by atoms with Gasteiger partial charge in [-0.3, -0.25) is 0 Å². The first-order chi connectivity index (χ1) is 9.62. The molecule has 0 radical (unpaired) electrons. The van der Waals surface area contributed by atoms with Crippen LogP contribution in [0.1, 0.15) is 22.8 Å². The van der Waals surface area contributed by atoms with Gasteiger partial charge in [0.05, 0.1) is 7.11 Å². The lowest BCUT2D eigenvalue weighted by molar-refractivity contribution is 0.213. The Balaban J connectivity index is 2.23. The summed E-state index contributed by atoms with van der Waals surface area (Å²) in [5.41, 5.74) is 9.24. The van der Waals surface area contributed by atoms with E-state index < -0.39 is 0 Å². The summed E-state index contributed by atoms with van der Waals surface area (Å²) in [6, 6.07) is 14.0. The number of aryl methyl sites for hydroxylation is 2. The number of nitrogens with two attached hydrogens (primary N) is 1. The maximum absolute atomic E-state index is 6.03. The van der Waals surface area contributed by atoms with Crippen LogP contribution in [0, 0.1) is 13.8 Å². The molecule has 20 heavy (non-hydrogen) atoms. The van der Waals surface area contributed by atoms with Crippen molar-refractivity contribution in [1.82, 2.24) is 0 Å². The number of methoxy groups -OCH3 is 1. The second-order valence-electron chi connectivity index (χ2n) is 4.94. The molecule has 3 nitrogen and oxygen atoms in total. The van der Waals surface area contributed by atoms with Gasteiger partial charge in [-0.1, -0.05) is 18.2 Å². The smallest absolute Gasteiger partial charge is 0.136 e. The molecule has 0 aromatic heterocycles. The van der Waals surface area contributed by atoms with Crippen molar-refractivity contribution in [3.63, 3.8) is 0 Å². The molecule has 0 aliphatic carbocycles. The van der Waals surface area contributed by atoms with Crippen molar-refractivity contribution < 1.29 is 9.47 Å². The van der Waals surface area contributed by atoms with E-state index in [0.29, 0.717) is 6.54 Å². The number of hydrogen-bond acceptors (Lipinski definition) is 3. The predicted octanol–water partition coefficient (Wildman–Crippen LogP) is 3.39. The average molecular weight is 271 g/mol. The van der Waals surface area contributed by atoms with Gasteiger partial charge in [0.1, 0.15) is 17.6 Å². The van der Waals surface area contributed by atoms with Crippen LogP contribution in [0.5, 0.6) is 11.5 Å². The van der Waals surface area contributed by atoms with E-state index in [0.717, 1.165) is 17.1 Å². The van der Waals surface area contributed by atoms with E-state index in [-0.39, 0.29) is 6.10 Å². The first-order valence-electron chi connectivity index (χ1n) is 6.71. The van der Waals surface area contributed by atoms with Crippen molar-refractivity contribution in [2.75, 3.05) is 13.7 Å². The maximum Gasteiger partial charge on any atom is 0.136 e. The fraction of sp³-hybridized carbons (Fsp3) is 0.294. The minimum absolute atomic E-state index is 0.175. The van der Waals surface area contributed by atoms with Gasteiger partial charge in [-0.25, -0.2) is 0 Å². The standard InChI is InChI=1S/C17H21NO2/c1-12-7-13(2)9-16(8-12)20-17(11-18)14-5-4-6-15(10-14)19-3/h4-10,17H,11,18H2,1-3H3. The number of benzene rings is 2. The fourth-order valence-electron chi connectivity index (χ4n) is 2.26. The van der Waals surface area contributed by atoms with E-state index in [4.69, 9.17) is 15.2 Å². The molecule has 2 rings (SSSR count). The van der Waals surface area contributed by atoms with Gasteiger partial charge in [0.15, 0.2) is 0 Å². The van der Waals surface area contributed by atoms with Crippen LogP contribution >= 0.6 is 0 Å². The summed E-state index contributed by atoms with van der Waals surface area (Å²) in [4.78, 5) is 0. The maximum atomic E-state index is 6.03. The average Bonchev–Trinajstić information content (AvgIpc) is 2.44. The first kappa shape index (κ1) is 14.4. The quantitative estimate of drug-likeness (QED) is 0.906. The van der Waals surface area contributed by atoms with Gasteiger partial charge in [-0.05, 0) is 54.8 Å². The third-order valence-corrected chi connectivity index (χ3v) is 3.15. The Morgan fingerprint density at radius 1 is 1.00 bits per heavy atom. The summed E-state index contributed by atoms with van der Waals surface area (Å²) >= 11 is 0. The predicted molar refractivity (Wildman–Crippen MR) is 81.3 cm³/mol. The van der Waals surface area contributed by atoms with Crippen LogP contribution in [0.3, 0.4) is 0 Å². The summed E-state index contributed by atoms with van der Waals surface area (Å²) in [5.74, 6) is 1.66. The second kappa shape index (κ2) is 6.44. The molecule has 0 amide bonds. The fourth-order valence-corrected chi connectivity index (χ4v) is 2.26. The van der Waals surface area contributed by atoms with Gasteiger partial charge in [0.2, 0.25) is 0 Å². The minimum Gasteiger partial charge on any atom is -0.497 e. The minimum atomic E-state index is -0.175. The van der Waals surface area contributed by atoms with Gasteiger partial charge in [0.25, 0.3) is 0 Å². The largest absolute Gasteiger partial charge is 0.497 e. The Morgan fingerprint density at radius 2 is 1.70 bits per heavy atom. The molecule has 0 spiro atoms. The monoisotopic (exact) mass is 271 g/mol. The summed E-state index contributed by atoms with van der Waals surface area (Å²) in [6.07, 6.45) is -0.175. The Hall–Kier alpha value is -2.00. The highest BCUT2D eigenvalue weighted by Crippen LogP contribution is 2.25. The molecular weight excluding hydrogens is 250 g/mol. The molecule has 2 aromatic rings. The highest BCUT2D eigenvalue weighted by atomic mass is 16.5. The van der Waals surface area contributed by atoms with Crippen molar-refractivity contribution in [3.05, 3.63) is 59.2 Å². The molecule has 3 heteroatoms. The van der Waals surface area contributed by atoms with Crippen molar-refractivity contribution >= 4 is 0 Å². The lowest BCUT2D eigenvalue weighted by atomic mass is 10.1. The van der Waals surface area contributed by atoms with Gasteiger partial charge >= 0.3 is 0 Å². The van der Waals surface area contributed by atoms with Crippen LogP contribution in [0.2, 0.25) is 0 Å². The summed E-state index contributed by atoms with van der Waals surface area (Å²) in [7, 11) is 1.65. The molecule has 0 saturated heterocycles. The van der Waals surface area contributed by atoms with Crippen LogP contribution in [0.25, 0.3) is 0 Å². The Morgan fingerprint density at radius 3 is 2.30 bits per heavy atom. The molecule has 2 aromatic carbocycles. The number of rotatable bonds is 5. The van der Waals surface area contributed by atoms with E-state index in [1.54, 1.807) is 7.11 Å². The zero-order chi connectivity index (χ0) is 14.5. The molecule has 0 bridgehead atoms. The SMILES string of the molecule is COc1cccc(C(CN)Oc2cc(C)cc(C)c2)c1. The van der Waals surface area contributed by atoms with Crippen LogP contribution in [-0.2, 0) is 0 Å². The van der Waals surface area contributed by atoms with E-state index in [9.17, 15) is 0 Å². The molecule has 1 unspecified atom stereocenters. The molecule has 0 aliphatic heterocycles. The molecule has 0 saturated carbocycles. The van der Waals surface area contributed by atoms with Crippen molar-refractivity contribution in [2.45, 2.75) is 20.0 Å². The van der Waals surface area contributed by atoms with Crippen LogP contribution in [0.4, 0.5) is 0 Å². The third kappa shape index (κ3) is 3.52. The molecule has 1 atom stereocenters. The van der Waals surface area contributed by atoms with E-state index in [1.807, 2.05) is 36.4 Å².